The summed E-state index contributed by atoms with van der Waals surface area (Å²) >= 11 is 17.5. The van der Waals surface area contributed by atoms with Crippen molar-refractivity contribution in [1.82, 2.24) is 0 Å². The third-order valence-corrected chi connectivity index (χ3v) is 2.97. The molecule has 72 valence electrons. The van der Waals surface area contributed by atoms with E-state index in [4.69, 9.17) is 34.8 Å². The fraction of sp³-hybridized carbons (Fsp3) is 0.400. The first kappa shape index (κ1) is 11.2. The van der Waals surface area contributed by atoms with E-state index in [0.717, 1.165) is 17.5 Å². The summed E-state index contributed by atoms with van der Waals surface area (Å²) in [6, 6.07) is 7.75. The molecule has 0 aliphatic heterocycles. The van der Waals surface area contributed by atoms with Gasteiger partial charge in [0.25, 0.3) is 0 Å². The van der Waals surface area contributed by atoms with E-state index in [-0.39, 0.29) is 5.38 Å². The number of alkyl halides is 3. The fourth-order valence-electron chi connectivity index (χ4n) is 1.09. The fourth-order valence-corrected chi connectivity index (χ4v) is 1.52. The lowest BCUT2D eigenvalue weighted by atomic mass is 10.1. The molecule has 0 aliphatic carbocycles. The van der Waals surface area contributed by atoms with Crippen molar-refractivity contribution >= 4 is 34.8 Å². The second-order valence-corrected chi connectivity index (χ2v) is 4.47. The second kappa shape index (κ2) is 5.09. The second-order valence-electron chi connectivity index (χ2n) is 2.84. The summed E-state index contributed by atoms with van der Waals surface area (Å²) in [5, 5.41) is 0.0816. The zero-order chi connectivity index (χ0) is 9.84. The minimum atomic E-state index is -0.454. The molecule has 1 rings (SSSR count). The average Bonchev–Trinajstić information content (AvgIpc) is 2.17. The van der Waals surface area contributed by atoms with Gasteiger partial charge in [-0.1, -0.05) is 31.2 Å². The van der Waals surface area contributed by atoms with Crippen LogP contribution in [0.3, 0.4) is 0 Å². The maximum atomic E-state index is 6.06. The van der Waals surface area contributed by atoms with Gasteiger partial charge in [0.05, 0.1) is 5.38 Å². The highest BCUT2D eigenvalue weighted by Gasteiger charge is 2.06. The van der Waals surface area contributed by atoms with Crippen LogP contribution in [-0.4, -0.2) is 0 Å². The number of rotatable bonds is 3. The van der Waals surface area contributed by atoms with E-state index in [1.165, 1.54) is 0 Å². The zero-order valence-corrected chi connectivity index (χ0v) is 9.57. The van der Waals surface area contributed by atoms with Crippen LogP contribution in [0.1, 0.15) is 34.7 Å². The lowest BCUT2D eigenvalue weighted by Crippen LogP contribution is -1.89. The summed E-state index contributed by atoms with van der Waals surface area (Å²) in [7, 11) is 0. The Morgan fingerprint density at radius 1 is 1.00 bits per heavy atom. The third-order valence-electron chi connectivity index (χ3n) is 1.91. The summed E-state index contributed by atoms with van der Waals surface area (Å²) in [5.41, 5.74) is 2.02. The van der Waals surface area contributed by atoms with Crippen LogP contribution in [0.15, 0.2) is 24.3 Å². The van der Waals surface area contributed by atoms with Gasteiger partial charge >= 0.3 is 0 Å². The van der Waals surface area contributed by atoms with Gasteiger partial charge in [-0.15, -0.1) is 34.8 Å². The highest BCUT2D eigenvalue weighted by molar-refractivity contribution is 6.44. The number of hydrogen-bond donors (Lipinski definition) is 0. The SMILES string of the molecule is CCC(Cl)c1ccc(C(Cl)Cl)cc1. The Hall–Kier alpha value is 0.0900. The molecule has 0 N–H and O–H groups in total. The lowest BCUT2D eigenvalue weighted by molar-refractivity contribution is 0.883. The van der Waals surface area contributed by atoms with Gasteiger partial charge in [-0.2, -0.15) is 0 Å². The molecule has 0 radical (unpaired) electrons. The molecule has 13 heavy (non-hydrogen) atoms. The van der Waals surface area contributed by atoms with Gasteiger partial charge in [0.1, 0.15) is 4.84 Å². The van der Waals surface area contributed by atoms with Crippen LogP contribution in [0.25, 0.3) is 0 Å². The van der Waals surface area contributed by atoms with Crippen LogP contribution in [0.5, 0.6) is 0 Å². The first-order valence-electron chi connectivity index (χ1n) is 4.17. The Morgan fingerprint density at radius 2 is 1.46 bits per heavy atom. The lowest BCUT2D eigenvalue weighted by Gasteiger charge is -2.08. The predicted molar refractivity (Wildman–Crippen MR) is 59.8 cm³/mol. The molecule has 0 saturated heterocycles. The van der Waals surface area contributed by atoms with Crippen LogP contribution < -0.4 is 0 Å². The Bertz CT molecular complexity index is 253. The smallest absolute Gasteiger partial charge is 0.118 e. The van der Waals surface area contributed by atoms with Crippen molar-refractivity contribution in [3.05, 3.63) is 35.4 Å². The van der Waals surface area contributed by atoms with E-state index in [1.807, 2.05) is 24.3 Å². The summed E-state index contributed by atoms with van der Waals surface area (Å²) in [6.07, 6.45) is 0.923. The summed E-state index contributed by atoms with van der Waals surface area (Å²) < 4.78 is 0. The predicted octanol–water partition coefficient (Wildman–Crippen LogP) is 4.85. The Labute approximate surface area is 93.8 Å². The van der Waals surface area contributed by atoms with Crippen molar-refractivity contribution in [2.24, 2.45) is 0 Å². The first-order valence-corrected chi connectivity index (χ1v) is 5.48. The molecule has 1 atom stereocenters. The molecule has 0 fully saturated rings. The maximum absolute atomic E-state index is 6.06. The van der Waals surface area contributed by atoms with Crippen molar-refractivity contribution in [2.45, 2.75) is 23.6 Å². The quantitative estimate of drug-likeness (QED) is 0.659. The molecule has 0 aliphatic rings. The van der Waals surface area contributed by atoms with Crippen molar-refractivity contribution in [1.29, 1.82) is 0 Å². The van der Waals surface area contributed by atoms with Crippen LogP contribution >= 0.6 is 34.8 Å². The van der Waals surface area contributed by atoms with Crippen molar-refractivity contribution in [2.75, 3.05) is 0 Å². The number of hydrogen-bond acceptors (Lipinski definition) is 0. The zero-order valence-electron chi connectivity index (χ0n) is 7.31. The molecular formula is C10H11Cl3. The van der Waals surface area contributed by atoms with E-state index in [0.29, 0.717) is 0 Å². The largest absolute Gasteiger partial charge is 0.132 e. The molecule has 0 amide bonds. The first-order chi connectivity index (χ1) is 6.15. The molecule has 3 heteroatoms. The molecule has 0 bridgehead atoms. The Kier molecular flexibility index (Phi) is 4.37. The van der Waals surface area contributed by atoms with Crippen LogP contribution in [0.4, 0.5) is 0 Å². The number of halogens is 3. The number of benzene rings is 1. The summed E-state index contributed by atoms with van der Waals surface area (Å²) in [6.45, 7) is 2.05. The van der Waals surface area contributed by atoms with Gasteiger partial charge in [0, 0.05) is 0 Å². The Balaban J connectivity index is 2.81. The molecule has 0 heterocycles. The highest BCUT2D eigenvalue weighted by Crippen LogP contribution is 2.28. The van der Waals surface area contributed by atoms with Crippen LogP contribution in [0.2, 0.25) is 0 Å². The molecule has 0 nitrogen and oxygen atoms in total. The van der Waals surface area contributed by atoms with Gasteiger partial charge < -0.3 is 0 Å². The minimum absolute atomic E-state index is 0.0816. The topological polar surface area (TPSA) is 0 Å². The normalized spacial score (nSPS) is 13.3. The minimum Gasteiger partial charge on any atom is -0.118 e. The molecule has 0 spiro atoms. The van der Waals surface area contributed by atoms with Gasteiger partial charge in [-0.25, -0.2) is 0 Å². The van der Waals surface area contributed by atoms with E-state index in [1.54, 1.807) is 0 Å². The molecule has 1 unspecified atom stereocenters. The van der Waals surface area contributed by atoms with E-state index < -0.39 is 4.84 Å². The van der Waals surface area contributed by atoms with Crippen molar-refractivity contribution < 1.29 is 0 Å². The van der Waals surface area contributed by atoms with Gasteiger partial charge in [-0.3, -0.25) is 0 Å². The average molecular weight is 238 g/mol. The van der Waals surface area contributed by atoms with E-state index in [2.05, 4.69) is 6.92 Å². The van der Waals surface area contributed by atoms with Crippen molar-refractivity contribution in [3.63, 3.8) is 0 Å². The molecular weight excluding hydrogens is 226 g/mol. The molecule has 0 aromatic heterocycles. The summed E-state index contributed by atoms with van der Waals surface area (Å²) in [4.78, 5) is -0.454. The van der Waals surface area contributed by atoms with Gasteiger partial charge in [-0.05, 0) is 17.5 Å². The van der Waals surface area contributed by atoms with E-state index in [9.17, 15) is 0 Å². The molecule has 0 saturated carbocycles. The van der Waals surface area contributed by atoms with Gasteiger partial charge in [0.2, 0.25) is 0 Å². The monoisotopic (exact) mass is 236 g/mol. The molecule has 1 aromatic carbocycles. The third kappa shape index (κ3) is 3.05. The molecule has 1 aromatic rings. The van der Waals surface area contributed by atoms with Gasteiger partial charge in [0.15, 0.2) is 0 Å². The maximum Gasteiger partial charge on any atom is 0.132 e. The Morgan fingerprint density at radius 3 is 1.85 bits per heavy atom. The van der Waals surface area contributed by atoms with Crippen molar-refractivity contribution in [3.8, 4) is 0 Å². The van der Waals surface area contributed by atoms with Crippen LogP contribution in [0, 0.1) is 0 Å². The standard InChI is InChI=1S/C10H11Cl3/c1-2-9(11)7-3-5-8(6-4-7)10(12)13/h3-6,9-10H,2H2,1H3. The highest BCUT2D eigenvalue weighted by atomic mass is 35.5. The summed E-state index contributed by atoms with van der Waals surface area (Å²) in [5.74, 6) is 0. The van der Waals surface area contributed by atoms with Crippen LogP contribution in [-0.2, 0) is 0 Å². The van der Waals surface area contributed by atoms with E-state index >= 15 is 0 Å².